The zero-order valence-electron chi connectivity index (χ0n) is 12.7. The molecule has 0 aliphatic rings. The molecular weight excluding hydrogens is 282 g/mol. The van der Waals surface area contributed by atoms with Crippen LogP contribution in [0.25, 0.3) is 10.2 Å². The van der Waals surface area contributed by atoms with Gasteiger partial charge in [0.1, 0.15) is 17.0 Å². The van der Waals surface area contributed by atoms with Crippen LogP contribution in [-0.2, 0) is 6.54 Å². The smallest absolute Gasteiger partial charge is 0.138 e. The van der Waals surface area contributed by atoms with Crippen molar-refractivity contribution in [3.05, 3.63) is 34.7 Å². The predicted molar refractivity (Wildman–Crippen MR) is 86.8 cm³/mol. The molecule has 3 aromatic heterocycles. The van der Waals surface area contributed by atoms with Gasteiger partial charge in [-0.05, 0) is 39.1 Å². The predicted octanol–water partition coefficient (Wildman–Crippen LogP) is 3.70. The summed E-state index contributed by atoms with van der Waals surface area (Å²) in [6.07, 6.45) is 1.61. The molecule has 3 heterocycles. The number of thiophene rings is 1. The van der Waals surface area contributed by atoms with Crippen molar-refractivity contribution >= 4 is 27.4 Å². The number of anilines is 1. The van der Waals surface area contributed by atoms with Crippen LogP contribution >= 0.6 is 11.3 Å². The summed E-state index contributed by atoms with van der Waals surface area (Å²) in [6, 6.07) is 2.22. The van der Waals surface area contributed by atoms with Crippen molar-refractivity contribution in [2.45, 2.75) is 40.3 Å². The first-order chi connectivity index (χ1) is 10.1. The lowest BCUT2D eigenvalue weighted by Gasteiger charge is -2.16. The van der Waals surface area contributed by atoms with E-state index in [0.29, 0.717) is 0 Å². The fourth-order valence-electron chi connectivity index (χ4n) is 2.83. The molecule has 1 N–H and O–H groups in total. The molecule has 110 valence electrons. The van der Waals surface area contributed by atoms with Crippen molar-refractivity contribution in [2.24, 2.45) is 0 Å². The molecule has 0 amide bonds. The van der Waals surface area contributed by atoms with E-state index in [1.54, 1.807) is 17.7 Å². The van der Waals surface area contributed by atoms with Crippen LogP contribution in [0.3, 0.4) is 0 Å². The summed E-state index contributed by atoms with van der Waals surface area (Å²) in [5.74, 6) is 0.886. The second-order valence-electron chi connectivity index (χ2n) is 5.13. The van der Waals surface area contributed by atoms with Gasteiger partial charge < -0.3 is 5.32 Å². The summed E-state index contributed by atoms with van der Waals surface area (Å²) in [4.78, 5) is 9.68. The Morgan fingerprint density at radius 3 is 2.86 bits per heavy atom. The Labute approximate surface area is 128 Å². The quantitative estimate of drug-likeness (QED) is 0.798. The molecule has 0 aromatic carbocycles. The van der Waals surface area contributed by atoms with Crippen LogP contribution in [-0.4, -0.2) is 19.7 Å². The summed E-state index contributed by atoms with van der Waals surface area (Å²) in [5.41, 5.74) is 3.54. The van der Waals surface area contributed by atoms with Gasteiger partial charge in [-0.3, -0.25) is 4.68 Å². The van der Waals surface area contributed by atoms with Gasteiger partial charge in [-0.2, -0.15) is 5.10 Å². The minimum absolute atomic E-state index is 0.156. The van der Waals surface area contributed by atoms with Crippen molar-refractivity contribution in [3.8, 4) is 0 Å². The van der Waals surface area contributed by atoms with Crippen molar-refractivity contribution in [2.75, 3.05) is 5.32 Å². The lowest BCUT2D eigenvalue weighted by molar-refractivity contribution is 0.632. The van der Waals surface area contributed by atoms with Gasteiger partial charge in [0.2, 0.25) is 0 Å². The number of hydrogen-bond donors (Lipinski definition) is 1. The van der Waals surface area contributed by atoms with Crippen LogP contribution < -0.4 is 5.32 Å². The van der Waals surface area contributed by atoms with Crippen molar-refractivity contribution in [3.63, 3.8) is 0 Å². The summed E-state index contributed by atoms with van der Waals surface area (Å²) in [7, 11) is 0. The van der Waals surface area contributed by atoms with Gasteiger partial charge in [-0.15, -0.1) is 11.3 Å². The number of aryl methyl sites for hydroxylation is 2. The summed E-state index contributed by atoms with van der Waals surface area (Å²) < 4.78 is 2.04. The molecule has 3 aromatic rings. The third kappa shape index (κ3) is 2.40. The Morgan fingerprint density at radius 2 is 2.14 bits per heavy atom. The third-order valence-corrected chi connectivity index (χ3v) is 4.61. The molecule has 6 heteroatoms. The fraction of sp³-hybridized carbons (Fsp3) is 0.400. The van der Waals surface area contributed by atoms with E-state index in [4.69, 9.17) is 0 Å². The van der Waals surface area contributed by atoms with Crippen LogP contribution in [0.2, 0.25) is 0 Å². The molecule has 0 bridgehead atoms. The number of hydrogen-bond acceptors (Lipinski definition) is 5. The van der Waals surface area contributed by atoms with Gasteiger partial charge in [0.15, 0.2) is 0 Å². The van der Waals surface area contributed by atoms with Crippen molar-refractivity contribution < 1.29 is 0 Å². The molecule has 0 spiro atoms. The van der Waals surface area contributed by atoms with Crippen LogP contribution in [0, 0.1) is 13.8 Å². The monoisotopic (exact) mass is 301 g/mol. The van der Waals surface area contributed by atoms with Gasteiger partial charge in [-0.25, -0.2) is 9.97 Å². The molecule has 0 aliphatic carbocycles. The molecule has 1 unspecified atom stereocenters. The van der Waals surface area contributed by atoms with E-state index in [1.165, 1.54) is 11.3 Å². The molecular formula is C15H19N5S. The number of fused-ring (bicyclic) bond motifs is 1. The van der Waals surface area contributed by atoms with E-state index in [0.717, 1.165) is 28.3 Å². The molecule has 0 aliphatic heterocycles. The molecule has 5 nitrogen and oxygen atoms in total. The third-order valence-electron chi connectivity index (χ3n) is 3.78. The van der Waals surface area contributed by atoms with E-state index < -0.39 is 0 Å². The van der Waals surface area contributed by atoms with E-state index in [-0.39, 0.29) is 6.04 Å². The summed E-state index contributed by atoms with van der Waals surface area (Å²) in [6.45, 7) is 9.34. The highest BCUT2D eigenvalue weighted by atomic mass is 32.1. The average Bonchev–Trinajstić information content (AvgIpc) is 3.04. The molecule has 3 rings (SSSR count). The lowest BCUT2D eigenvalue weighted by atomic mass is 10.1. The van der Waals surface area contributed by atoms with Gasteiger partial charge >= 0.3 is 0 Å². The first-order valence-electron chi connectivity index (χ1n) is 7.10. The van der Waals surface area contributed by atoms with Crippen LogP contribution in [0.4, 0.5) is 5.82 Å². The molecule has 0 saturated carbocycles. The van der Waals surface area contributed by atoms with E-state index in [1.807, 2.05) is 10.1 Å². The molecule has 0 radical (unpaired) electrons. The maximum Gasteiger partial charge on any atom is 0.138 e. The Morgan fingerprint density at radius 1 is 1.33 bits per heavy atom. The zero-order valence-corrected chi connectivity index (χ0v) is 13.5. The fourth-order valence-corrected chi connectivity index (χ4v) is 3.56. The number of rotatable bonds is 4. The second kappa shape index (κ2) is 5.44. The molecule has 21 heavy (non-hydrogen) atoms. The maximum absolute atomic E-state index is 4.59. The Hall–Kier alpha value is -1.95. The normalized spacial score (nSPS) is 12.8. The van der Waals surface area contributed by atoms with Crippen molar-refractivity contribution in [1.82, 2.24) is 19.7 Å². The Bertz CT molecular complexity index is 774. The number of nitrogens with zero attached hydrogens (tertiary/aromatic N) is 4. The van der Waals surface area contributed by atoms with E-state index in [2.05, 4.69) is 54.1 Å². The number of aromatic nitrogens is 4. The van der Waals surface area contributed by atoms with E-state index >= 15 is 0 Å². The first-order valence-corrected chi connectivity index (χ1v) is 7.98. The van der Waals surface area contributed by atoms with Crippen molar-refractivity contribution in [1.29, 1.82) is 0 Å². The van der Waals surface area contributed by atoms with Crippen LogP contribution in [0.15, 0.2) is 17.8 Å². The summed E-state index contributed by atoms with van der Waals surface area (Å²) >= 11 is 1.63. The Balaban J connectivity index is 1.95. The van der Waals surface area contributed by atoms with Gasteiger partial charge in [-0.1, -0.05) is 0 Å². The SMILES string of the molecule is CCn1nc(C)c(C(C)Nc2ncnc3sccc23)c1C. The maximum atomic E-state index is 4.59. The average molecular weight is 301 g/mol. The highest BCUT2D eigenvalue weighted by molar-refractivity contribution is 7.16. The standard InChI is InChI=1S/C15H19N5S/c1-5-20-11(4)13(10(3)19-20)9(2)18-14-12-6-7-21-15(12)17-8-16-14/h6-9H,5H2,1-4H3,(H,16,17,18). The highest BCUT2D eigenvalue weighted by Crippen LogP contribution is 2.29. The topological polar surface area (TPSA) is 55.6 Å². The minimum Gasteiger partial charge on any atom is -0.363 e. The molecule has 0 saturated heterocycles. The zero-order chi connectivity index (χ0) is 15.0. The van der Waals surface area contributed by atoms with Crippen LogP contribution in [0.5, 0.6) is 0 Å². The van der Waals surface area contributed by atoms with Gasteiger partial charge in [0.05, 0.1) is 17.1 Å². The van der Waals surface area contributed by atoms with Gasteiger partial charge in [0.25, 0.3) is 0 Å². The highest BCUT2D eigenvalue weighted by Gasteiger charge is 2.18. The Kier molecular flexibility index (Phi) is 3.63. The first kappa shape index (κ1) is 14.0. The largest absolute Gasteiger partial charge is 0.363 e. The van der Waals surface area contributed by atoms with E-state index in [9.17, 15) is 0 Å². The van der Waals surface area contributed by atoms with Gasteiger partial charge in [0, 0.05) is 17.8 Å². The molecule has 1 atom stereocenters. The summed E-state index contributed by atoms with van der Waals surface area (Å²) in [5, 5.41) is 11.2. The number of nitrogens with one attached hydrogen (secondary N) is 1. The molecule has 0 fully saturated rings. The van der Waals surface area contributed by atoms with Crippen LogP contribution in [0.1, 0.15) is 36.8 Å². The second-order valence-corrected chi connectivity index (χ2v) is 6.02. The lowest BCUT2D eigenvalue weighted by Crippen LogP contribution is -2.10. The minimum atomic E-state index is 0.156.